The van der Waals surface area contributed by atoms with Crippen LogP contribution in [0.5, 0.6) is 0 Å². The van der Waals surface area contributed by atoms with Crippen molar-refractivity contribution in [2.45, 2.75) is 25.4 Å². The van der Waals surface area contributed by atoms with Crippen molar-refractivity contribution < 1.29 is 4.42 Å². The quantitative estimate of drug-likeness (QED) is 0.786. The Morgan fingerprint density at radius 3 is 3.29 bits per heavy atom. The lowest BCUT2D eigenvalue weighted by atomic mass is 10.2. The number of hydrogen-bond acceptors (Lipinski definition) is 3. The Morgan fingerprint density at radius 1 is 1.64 bits per heavy atom. The van der Waals surface area contributed by atoms with Crippen molar-refractivity contribution in [2.75, 3.05) is 20.1 Å². The van der Waals surface area contributed by atoms with Crippen LogP contribution in [-0.4, -0.2) is 31.1 Å². The van der Waals surface area contributed by atoms with E-state index >= 15 is 0 Å². The molecule has 0 saturated carbocycles. The van der Waals surface area contributed by atoms with Crippen molar-refractivity contribution in [3.63, 3.8) is 0 Å². The Kier molecular flexibility index (Phi) is 3.22. The summed E-state index contributed by atoms with van der Waals surface area (Å²) in [5.74, 6) is 1.08. The van der Waals surface area contributed by atoms with E-state index in [-0.39, 0.29) is 0 Å². The Balaban J connectivity index is 1.90. The molecule has 0 amide bonds. The van der Waals surface area contributed by atoms with E-state index in [9.17, 15) is 0 Å². The fourth-order valence-corrected chi connectivity index (χ4v) is 2.17. The van der Waals surface area contributed by atoms with E-state index in [2.05, 4.69) is 16.3 Å². The molecule has 1 aromatic heterocycles. The second-order valence-corrected chi connectivity index (χ2v) is 3.90. The van der Waals surface area contributed by atoms with Crippen molar-refractivity contribution in [1.29, 1.82) is 0 Å². The van der Waals surface area contributed by atoms with E-state index < -0.39 is 0 Å². The molecule has 0 bridgehead atoms. The fourth-order valence-electron chi connectivity index (χ4n) is 2.17. The lowest BCUT2D eigenvalue weighted by molar-refractivity contribution is 0.223. The molecule has 0 unspecified atom stereocenters. The van der Waals surface area contributed by atoms with Gasteiger partial charge in [0.25, 0.3) is 0 Å². The fraction of sp³-hybridized carbons (Fsp3) is 0.636. The lowest BCUT2D eigenvalue weighted by Gasteiger charge is -2.22. The normalized spacial score (nSPS) is 23.1. The Hall–Kier alpha value is -0.800. The van der Waals surface area contributed by atoms with Crippen LogP contribution in [0, 0.1) is 0 Å². The SMILES string of the molecule is CNC[C@H]1CCCN1Cc1ccco1. The maximum atomic E-state index is 5.36. The number of nitrogens with one attached hydrogen (secondary N) is 1. The number of nitrogens with zero attached hydrogens (tertiary/aromatic N) is 1. The maximum absolute atomic E-state index is 5.36. The molecule has 2 rings (SSSR count). The molecule has 1 N–H and O–H groups in total. The Morgan fingerprint density at radius 2 is 2.57 bits per heavy atom. The molecule has 78 valence electrons. The van der Waals surface area contributed by atoms with Gasteiger partial charge in [0.1, 0.15) is 5.76 Å². The molecule has 1 aromatic rings. The molecule has 0 spiro atoms. The largest absolute Gasteiger partial charge is 0.468 e. The van der Waals surface area contributed by atoms with Crippen LogP contribution < -0.4 is 5.32 Å². The highest BCUT2D eigenvalue weighted by molar-refractivity contribution is 4.99. The van der Waals surface area contributed by atoms with Crippen molar-refractivity contribution in [3.05, 3.63) is 24.2 Å². The third-order valence-corrected chi connectivity index (χ3v) is 2.88. The molecule has 3 heteroatoms. The van der Waals surface area contributed by atoms with Crippen LogP contribution in [0.1, 0.15) is 18.6 Å². The van der Waals surface area contributed by atoms with Gasteiger partial charge in [0, 0.05) is 12.6 Å². The number of rotatable bonds is 4. The first-order valence-corrected chi connectivity index (χ1v) is 5.31. The molecule has 14 heavy (non-hydrogen) atoms. The van der Waals surface area contributed by atoms with Crippen LogP contribution in [0.3, 0.4) is 0 Å². The summed E-state index contributed by atoms with van der Waals surface area (Å²) in [5, 5.41) is 3.25. The maximum Gasteiger partial charge on any atom is 0.117 e. The summed E-state index contributed by atoms with van der Waals surface area (Å²) in [5.41, 5.74) is 0. The minimum absolute atomic E-state index is 0.685. The predicted molar refractivity (Wildman–Crippen MR) is 56.1 cm³/mol. The van der Waals surface area contributed by atoms with E-state index in [1.807, 2.05) is 13.1 Å². The smallest absolute Gasteiger partial charge is 0.117 e. The van der Waals surface area contributed by atoms with Gasteiger partial charge in [0.15, 0.2) is 0 Å². The third-order valence-electron chi connectivity index (χ3n) is 2.88. The summed E-state index contributed by atoms with van der Waals surface area (Å²) >= 11 is 0. The molecule has 1 fully saturated rings. The minimum Gasteiger partial charge on any atom is -0.468 e. The average Bonchev–Trinajstić information content (AvgIpc) is 2.80. The zero-order valence-corrected chi connectivity index (χ0v) is 8.70. The van der Waals surface area contributed by atoms with Crippen LogP contribution >= 0.6 is 0 Å². The highest BCUT2D eigenvalue weighted by Crippen LogP contribution is 2.19. The van der Waals surface area contributed by atoms with Crippen LogP contribution in [-0.2, 0) is 6.54 Å². The highest BCUT2D eigenvalue weighted by atomic mass is 16.3. The minimum atomic E-state index is 0.685. The van der Waals surface area contributed by atoms with Crippen molar-refractivity contribution >= 4 is 0 Å². The zero-order chi connectivity index (χ0) is 9.80. The average molecular weight is 194 g/mol. The highest BCUT2D eigenvalue weighted by Gasteiger charge is 2.24. The summed E-state index contributed by atoms with van der Waals surface area (Å²) in [4.78, 5) is 2.50. The predicted octanol–water partition coefficient (Wildman–Crippen LogP) is 1.46. The molecular formula is C11H18N2O. The summed E-state index contributed by atoms with van der Waals surface area (Å²) in [6.07, 6.45) is 4.37. The summed E-state index contributed by atoms with van der Waals surface area (Å²) in [6, 6.07) is 4.69. The summed E-state index contributed by atoms with van der Waals surface area (Å²) in [7, 11) is 2.02. The topological polar surface area (TPSA) is 28.4 Å². The van der Waals surface area contributed by atoms with Gasteiger partial charge in [-0.3, -0.25) is 4.90 Å². The van der Waals surface area contributed by atoms with Gasteiger partial charge < -0.3 is 9.73 Å². The molecule has 1 atom stereocenters. The number of hydrogen-bond donors (Lipinski definition) is 1. The van der Waals surface area contributed by atoms with Gasteiger partial charge in [0.05, 0.1) is 12.8 Å². The third kappa shape index (κ3) is 2.16. The molecule has 1 aliphatic heterocycles. The standard InChI is InChI=1S/C11H18N2O/c1-12-8-10-4-2-6-13(10)9-11-5-3-7-14-11/h3,5,7,10,12H,2,4,6,8-9H2,1H3/t10-/m1/s1. The van der Waals surface area contributed by atoms with Gasteiger partial charge in [-0.2, -0.15) is 0 Å². The van der Waals surface area contributed by atoms with E-state index in [0.29, 0.717) is 6.04 Å². The Bertz CT molecular complexity index is 258. The van der Waals surface area contributed by atoms with Gasteiger partial charge >= 0.3 is 0 Å². The van der Waals surface area contributed by atoms with Gasteiger partial charge in [-0.25, -0.2) is 0 Å². The molecule has 0 aromatic carbocycles. The number of likely N-dealkylation sites (tertiary alicyclic amines) is 1. The molecule has 3 nitrogen and oxygen atoms in total. The van der Waals surface area contributed by atoms with Crippen LogP contribution in [0.25, 0.3) is 0 Å². The van der Waals surface area contributed by atoms with E-state index in [0.717, 1.165) is 18.8 Å². The molecule has 0 aliphatic carbocycles. The monoisotopic (exact) mass is 194 g/mol. The Labute approximate surface area is 85.1 Å². The van der Waals surface area contributed by atoms with Gasteiger partial charge in [-0.05, 0) is 38.6 Å². The first-order chi connectivity index (χ1) is 6.90. The molecule has 0 radical (unpaired) electrons. The van der Waals surface area contributed by atoms with Crippen LogP contribution in [0.4, 0.5) is 0 Å². The van der Waals surface area contributed by atoms with Crippen LogP contribution in [0.2, 0.25) is 0 Å². The zero-order valence-electron chi connectivity index (χ0n) is 8.70. The second kappa shape index (κ2) is 4.62. The molecule has 1 saturated heterocycles. The van der Waals surface area contributed by atoms with E-state index in [4.69, 9.17) is 4.42 Å². The first-order valence-electron chi connectivity index (χ1n) is 5.31. The summed E-state index contributed by atoms with van der Waals surface area (Å²) in [6.45, 7) is 3.24. The van der Waals surface area contributed by atoms with Crippen molar-refractivity contribution in [3.8, 4) is 0 Å². The number of furan rings is 1. The van der Waals surface area contributed by atoms with Gasteiger partial charge in [-0.15, -0.1) is 0 Å². The van der Waals surface area contributed by atoms with E-state index in [1.54, 1.807) is 6.26 Å². The number of likely N-dealkylation sites (N-methyl/N-ethyl adjacent to an activating group) is 1. The first kappa shape index (κ1) is 9.74. The van der Waals surface area contributed by atoms with Gasteiger partial charge in [0.2, 0.25) is 0 Å². The molecule has 1 aliphatic rings. The van der Waals surface area contributed by atoms with Crippen molar-refractivity contribution in [2.24, 2.45) is 0 Å². The van der Waals surface area contributed by atoms with Crippen molar-refractivity contribution in [1.82, 2.24) is 10.2 Å². The van der Waals surface area contributed by atoms with Gasteiger partial charge in [-0.1, -0.05) is 0 Å². The van der Waals surface area contributed by atoms with Crippen LogP contribution in [0.15, 0.2) is 22.8 Å². The lowest BCUT2D eigenvalue weighted by Crippen LogP contribution is -2.36. The molecule has 2 heterocycles. The second-order valence-electron chi connectivity index (χ2n) is 3.90. The van der Waals surface area contributed by atoms with E-state index in [1.165, 1.54) is 19.4 Å². The molecular weight excluding hydrogens is 176 g/mol. The summed E-state index contributed by atoms with van der Waals surface area (Å²) < 4.78 is 5.36.